The van der Waals surface area contributed by atoms with Crippen molar-refractivity contribution in [2.45, 2.75) is 17.7 Å². The fraction of sp³-hybridized carbons (Fsp3) is 0.222. The Morgan fingerprint density at radius 3 is 2.24 bits per heavy atom. The lowest BCUT2D eigenvalue weighted by atomic mass is 9.82. The van der Waals surface area contributed by atoms with Crippen LogP contribution in [0.2, 0.25) is 5.15 Å². The molecule has 29 heavy (non-hydrogen) atoms. The highest BCUT2D eigenvalue weighted by atomic mass is 35.5. The summed E-state index contributed by atoms with van der Waals surface area (Å²) in [5, 5.41) is 19.3. The monoisotopic (exact) mass is 436 g/mol. The fourth-order valence-electron chi connectivity index (χ4n) is 2.90. The van der Waals surface area contributed by atoms with E-state index in [1.54, 1.807) is 12.2 Å². The molecule has 2 atom stereocenters. The molecule has 0 saturated heterocycles. The quantitative estimate of drug-likeness (QED) is 0.591. The minimum Gasteiger partial charge on any atom is -0.481 e. The Bertz CT molecular complexity index is 1040. The molecule has 0 bridgehead atoms. The zero-order chi connectivity index (χ0) is 21.0. The molecule has 0 saturated carbocycles. The molecule has 1 amide bonds. The number of sulfonamides is 1. The Labute approximate surface area is 171 Å². The Balaban J connectivity index is 1.69. The number of carboxylic acid groups (broad SMARTS) is 1. The molecule has 3 rings (SSSR count). The number of amides is 1. The maximum absolute atomic E-state index is 12.5. The Morgan fingerprint density at radius 1 is 1.00 bits per heavy atom. The molecule has 0 aliphatic heterocycles. The van der Waals surface area contributed by atoms with Crippen LogP contribution in [0.15, 0.2) is 53.4 Å². The molecule has 1 aliphatic carbocycles. The summed E-state index contributed by atoms with van der Waals surface area (Å²) in [7, 11) is -3.91. The van der Waals surface area contributed by atoms with E-state index in [9.17, 15) is 23.1 Å². The van der Waals surface area contributed by atoms with Crippen LogP contribution in [0.5, 0.6) is 0 Å². The lowest BCUT2D eigenvalue weighted by Crippen LogP contribution is -2.34. The number of nitrogens with zero attached hydrogens (tertiary/aromatic N) is 2. The molecule has 152 valence electrons. The maximum Gasteiger partial charge on any atom is 0.307 e. The summed E-state index contributed by atoms with van der Waals surface area (Å²) in [6.07, 6.45) is 4.16. The molecular weight excluding hydrogens is 420 g/mol. The van der Waals surface area contributed by atoms with Crippen LogP contribution in [0.3, 0.4) is 0 Å². The van der Waals surface area contributed by atoms with Crippen LogP contribution in [0.4, 0.5) is 11.5 Å². The molecule has 2 aromatic rings. The van der Waals surface area contributed by atoms with E-state index < -0.39 is 33.7 Å². The Morgan fingerprint density at radius 2 is 1.66 bits per heavy atom. The number of aromatic nitrogens is 2. The summed E-state index contributed by atoms with van der Waals surface area (Å²) >= 11 is 5.62. The van der Waals surface area contributed by atoms with E-state index in [4.69, 9.17) is 11.6 Å². The molecule has 0 fully saturated rings. The van der Waals surface area contributed by atoms with Crippen molar-refractivity contribution in [2.75, 3.05) is 10.0 Å². The van der Waals surface area contributed by atoms with Gasteiger partial charge in [0.25, 0.3) is 10.0 Å². The lowest BCUT2D eigenvalue weighted by Gasteiger charge is -2.24. The Hall–Kier alpha value is -2.98. The van der Waals surface area contributed by atoms with Gasteiger partial charge >= 0.3 is 5.97 Å². The number of rotatable bonds is 6. The standard InChI is InChI=1S/C18H17ClN4O5S/c19-15-9-10-16(22-21-15)23-29(27,28)12-7-5-11(6-8-12)20-17(24)13-3-1-2-4-14(13)18(25)26/h1-2,5-10,13-14H,3-4H2,(H,20,24)(H,22,23)(H,25,26)/t13-,14-/m0/s1. The van der Waals surface area contributed by atoms with Gasteiger partial charge in [-0.05, 0) is 49.2 Å². The zero-order valence-corrected chi connectivity index (χ0v) is 16.5. The number of benzene rings is 1. The van der Waals surface area contributed by atoms with Crippen LogP contribution in [0.1, 0.15) is 12.8 Å². The molecule has 11 heteroatoms. The maximum atomic E-state index is 12.5. The number of halogens is 1. The van der Waals surface area contributed by atoms with Crippen molar-refractivity contribution in [1.82, 2.24) is 10.2 Å². The van der Waals surface area contributed by atoms with Crippen molar-refractivity contribution in [2.24, 2.45) is 11.8 Å². The van der Waals surface area contributed by atoms with Crippen LogP contribution in [0, 0.1) is 11.8 Å². The van der Waals surface area contributed by atoms with Crippen molar-refractivity contribution in [3.63, 3.8) is 0 Å². The highest BCUT2D eigenvalue weighted by Crippen LogP contribution is 2.27. The molecule has 9 nitrogen and oxygen atoms in total. The van der Waals surface area contributed by atoms with Gasteiger partial charge in [-0.25, -0.2) is 8.42 Å². The summed E-state index contributed by atoms with van der Waals surface area (Å²) in [6.45, 7) is 0. The number of nitrogens with one attached hydrogen (secondary N) is 2. The molecule has 1 aromatic heterocycles. The van der Waals surface area contributed by atoms with Gasteiger partial charge in [0.05, 0.1) is 16.7 Å². The van der Waals surface area contributed by atoms with E-state index in [-0.39, 0.29) is 15.9 Å². The van der Waals surface area contributed by atoms with Crippen LogP contribution in [-0.2, 0) is 19.6 Å². The topological polar surface area (TPSA) is 138 Å². The molecule has 0 unspecified atom stereocenters. The first kappa shape index (κ1) is 20.7. The van der Waals surface area contributed by atoms with E-state index >= 15 is 0 Å². The zero-order valence-electron chi connectivity index (χ0n) is 14.9. The van der Waals surface area contributed by atoms with E-state index in [1.807, 2.05) is 0 Å². The predicted octanol–water partition coefficient (Wildman–Crippen LogP) is 2.54. The second-order valence-electron chi connectivity index (χ2n) is 6.35. The van der Waals surface area contributed by atoms with Gasteiger partial charge in [-0.15, -0.1) is 10.2 Å². The highest BCUT2D eigenvalue weighted by molar-refractivity contribution is 7.92. The summed E-state index contributed by atoms with van der Waals surface area (Å²) in [4.78, 5) is 23.8. The number of carboxylic acids is 1. The van der Waals surface area contributed by atoms with Gasteiger partial charge in [-0.1, -0.05) is 23.8 Å². The number of allylic oxidation sites excluding steroid dienone is 2. The van der Waals surface area contributed by atoms with Gasteiger partial charge in [0.15, 0.2) is 11.0 Å². The second-order valence-corrected chi connectivity index (χ2v) is 8.42. The molecule has 0 spiro atoms. The van der Waals surface area contributed by atoms with E-state index in [1.165, 1.54) is 36.4 Å². The van der Waals surface area contributed by atoms with Crippen LogP contribution >= 0.6 is 11.6 Å². The SMILES string of the molecule is O=C(O)[C@H]1CC=CC[C@@H]1C(=O)Nc1ccc(S(=O)(=O)Nc2ccc(Cl)nn2)cc1. The lowest BCUT2D eigenvalue weighted by molar-refractivity contribution is -0.146. The number of aliphatic carboxylic acids is 1. The number of carbonyl (C=O) groups excluding carboxylic acids is 1. The molecule has 1 heterocycles. The fourth-order valence-corrected chi connectivity index (χ4v) is 3.99. The minimum atomic E-state index is -3.91. The van der Waals surface area contributed by atoms with Gasteiger partial charge in [0, 0.05) is 5.69 Å². The van der Waals surface area contributed by atoms with Gasteiger partial charge in [-0.3, -0.25) is 14.3 Å². The van der Waals surface area contributed by atoms with E-state index in [2.05, 4.69) is 20.2 Å². The molecule has 3 N–H and O–H groups in total. The normalized spacial score (nSPS) is 18.8. The predicted molar refractivity (Wildman–Crippen MR) is 106 cm³/mol. The number of carbonyl (C=O) groups is 2. The van der Waals surface area contributed by atoms with Gasteiger partial charge in [0.2, 0.25) is 5.91 Å². The van der Waals surface area contributed by atoms with Gasteiger partial charge < -0.3 is 10.4 Å². The van der Waals surface area contributed by atoms with Crippen molar-refractivity contribution < 1.29 is 23.1 Å². The van der Waals surface area contributed by atoms with Gasteiger partial charge in [0.1, 0.15) is 0 Å². The first-order valence-electron chi connectivity index (χ1n) is 8.57. The van der Waals surface area contributed by atoms with Crippen molar-refractivity contribution in [3.8, 4) is 0 Å². The average Bonchev–Trinajstić information content (AvgIpc) is 2.70. The van der Waals surface area contributed by atoms with E-state index in [0.717, 1.165) is 0 Å². The molecular formula is C18H17ClN4O5S. The smallest absolute Gasteiger partial charge is 0.307 e. The van der Waals surface area contributed by atoms with Crippen molar-refractivity contribution in [3.05, 3.63) is 53.7 Å². The largest absolute Gasteiger partial charge is 0.481 e. The van der Waals surface area contributed by atoms with Crippen molar-refractivity contribution in [1.29, 1.82) is 0 Å². The summed E-state index contributed by atoms with van der Waals surface area (Å²) in [5.41, 5.74) is 0.360. The molecule has 0 radical (unpaired) electrons. The number of hydrogen-bond donors (Lipinski definition) is 3. The first-order chi connectivity index (χ1) is 13.8. The van der Waals surface area contributed by atoms with Crippen LogP contribution < -0.4 is 10.0 Å². The third-order valence-corrected chi connectivity index (χ3v) is 5.96. The number of anilines is 2. The summed E-state index contributed by atoms with van der Waals surface area (Å²) in [5.74, 6) is -2.91. The summed E-state index contributed by atoms with van der Waals surface area (Å²) < 4.78 is 27.1. The average molecular weight is 437 g/mol. The van der Waals surface area contributed by atoms with Crippen molar-refractivity contribution >= 4 is 45.0 Å². The summed E-state index contributed by atoms with van der Waals surface area (Å²) in [6, 6.07) is 8.26. The van der Waals surface area contributed by atoms with Crippen LogP contribution in [-0.4, -0.2) is 35.6 Å². The van der Waals surface area contributed by atoms with Gasteiger partial charge in [-0.2, -0.15) is 0 Å². The molecule has 1 aliphatic rings. The minimum absolute atomic E-state index is 0.0110. The second kappa shape index (κ2) is 8.58. The first-order valence-corrected chi connectivity index (χ1v) is 10.4. The molecule has 1 aromatic carbocycles. The number of hydrogen-bond acceptors (Lipinski definition) is 6. The highest BCUT2D eigenvalue weighted by Gasteiger charge is 2.34. The van der Waals surface area contributed by atoms with Crippen LogP contribution in [0.25, 0.3) is 0 Å². The van der Waals surface area contributed by atoms with E-state index in [0.29, 0.717) is 18.5 Å². The third-order valence-electron chi connectivity index (χ3n) is 4.39. The Kier molecular flexibility index (Phi) is 6.14. The third kappa shape index (κ3) is 5.09.